The van der Waals surface area contributed by atoms with E-state index in [9.17, 15) is 0 Å². The summed E-state index contributed by atoms with van der Waals surface area (Å²) in [6, 6.07) is 15.5. The number of hydrogen-bond acceptors (Lipinski definition) is 4. The molecule has 3 aromatic heterocycles. The molecule has 4 heterocycles. The molecule has 1 fully saturated rings. The fourth-order valence-electron chi connectivity index (χ4n) is 4.04. The number of likely N-dealkylation sites (tertiary alicyclic amines) is 1. The number of benzene rings is 1. The molecule has 0 atom stereocenters. The van der Waals surface area contributed by atoms with E-state index in [0.717, 1.165) is 31.0 Å². The first kappa shape index (κ1) is 16.2. The van der Waals surface area contributed by atoms with Gasteiger partial charge in [-0.2, -0.15) is 0 Å². The molecule has 6 nitrogen and oxygen atoms in total. The predicted molar refractivity (Wildman–Crippen MR) is 105 cm³/mol. The van der Waals surface area contributed by atoms with E-state index in [1.165, 1.54) is 23.7 Å². The molecule has 0 saturated carbocycles. The molecule has 0 radical (unpaired) electrons. The Hall–Kier alpha value is -2.99. The average molecular weight is 358 g/mol. The van der Waals surface area contributed by atoms with Crippen LogP contribution in [0.2, 0.25) is 0 Å². The molecule has 0 amide bonds. The van der Waals surface area contributed by atoms with Crippen molar-refractivity contribution in [3.8, 4) is 5.69 Å². The smallest absolute Gasteiger partial charge is 0.123 e. The van der Waals surface area contributed by atoms with Crippen LogP contribution in [0, 0.1) is 0 Å². The molecule has 136 valence electrons. The normalized spacial score (nSPS) is 16.1. The largest absolute Gasteiger partial charge is 0.344 e. The molecule has 1 aliphatic heterocycles. The summed E-state index contributed by atoms with van der Waals surface area (Å²) in [6.45, 7) is 3.17. The van der Waals surface area contributed by atoms with E-state index in [0.29, 0.717) is 6.04 Å². The maximum absolute atomic E-state index is 4.45. The molecule has 0 unspecified atom stereocenters. The minimum absolute atomic E-state index is 0.559. The van der Waals surface area contributed by atoms with Crippen molar-refractivity contribution in [2.45, 2.75) is 25.4 Å². The number of aromatic nitrogens is 5. The van der Waals surface area contributed by atoms with Gasteiger partial charge in [0.2, 0.25) is 0 Å². The van der Waals surface area contributed by atoms with Gasteiger partial charge in [-0.15, -0.1) is 10.2 Å². The SMILES string of the molecule is c1ccc(CN2CCC(n3ccc4cc(-n5cnnc5)ccc43)CC2)nc1. The zero-order chi connectivity index (χ0) is 18.1. The van der Waals surface area contributed by atoms with Crippen LogP contribution in [0.3, 0.4) is 0 Å². The lowest BCUT2D eigenvalue weighted by atomic mass is 10.0. The van der Waals surface area contributed by atoms with Crippen LogP contribution >= 0.6 is 0 Å². The topological polar surface area (TPSA) is 51.8 Å². The van der Waals surface area contributed by atoms with Gasteiger partial charge in [0, 0.05) is 54.7 Å². The number of piperidine rings is 1. The highest BCUT2D eigenvalue weighted by molar-refractivity contribution is 5.82. The molecular formula is C21H22N6. The van der Waals surface area contributed by atoms with Crippen molar-refractivity contribution in [2.24, 2.45) is 0 Å². The number of rotatable bonds is 4. The van der Waals surface area contributed by atoms with Gasteiger partial charge in [0.15, 0.2) is 0 Å². The molecular weight excluding hydrogens is 336 g/mol. The average Bonchev–Trinajstić information content (AvgIpc) is 3.39. The van der Waals surface area contributed by atoms with Gasteiger partial charge >= 0.3 is 0 Å². The third-order valence-corrected chi connectivity index (χ3v) is 5.48. The monoisotopic (exact) mass is 358 g/mol. The lowest BCUT2D eigenvalue weighted by Gasteiger charge is -2.33. The minimum atomic E-state index is 0.559. The van der Waals surface area contributed by atoms with Crippen molar-refractivity contribution < 1.29 is 0 Å². The maximum atomic E-state index is 4.45. The van der Waals surface area contributed by atoms with Crippen LogP contribution < -0.4 is 0 Å². The highest BCUT2D eigenvalue weighted by Gasteiger charge is 2.21. The Morgan fingerprint density at radius 1 is 0.963 bits per heavy atom. The fraction of sp³-hybridized carbons (Fsp3) is 0.286. The molecule has 0 spiro atoms. The first-order valence-corrected chi connectivity index (χ1v) is 9.45. The molecule has 1 aromatic carbocycles. The fourth-order valence-corrected chi connectivity index (χ4v) is 4.04. The van der Waals surface area contributed by atoms with Gasteiger partial charge in [-0.25, -0.2) is 0 Å². The van der Waals surface area contributed by atoms with E-state index in [2.05, 4.69) is 67.2 Å². The second-order valence-electron chi connectivity index (χ2n) is 7.16. The van der Waals surface area contributed by atoms with Crippen LogP contribution in [0.1, 0.15) is 24.6 Å². The summed E-state index contributed by atoms with van der Waals surface area (Å²) in [7, 11) is 0. The van der Waals surface area contributed by atoms with Gasteiger partial charge in [0.25, 0.3) is 0 Å². The van der Waals surface area contributed by atoms with Gasteiger partial charge in [-0.3, -0.25) is 14.5 Å². The second-order valence-corrected chi connectivity index (χ2v) is 7.16. The van der Waals surface area contributed by atoms with Crippen LogP contribution in [0.5, 0.6) is 0 Å². The van der Waals surface area contributed by atoms with Gasteiger partial charge in [-0.05, 0) is 49.2 Å². The Bertz CT molecular complexity index is 1010. The van der Waals surface area contributed by atoms with Gasteiger partial charge in [0.05, 0.1) is 5.69 Å². The van der Waals surface area contributed by atoms with E-state index < -0.39 is 0 Å². The summed E-state index contributed by atoms with van der Waals surface area (Å²) < 4.78 is 4.39. The van der Waals surface area contributed by atoms with Crippen molar-refractivity contribution in [2.75, 3.05) is 13.1 Å². The number of nitrogens with zero attached hydrogens (tertiary/aromatic N) is 6. The first-order chi connectivity index (χ1) is 13.4. The Morgan fingerprint density at radius 2 is 1.81 bits per heavy atom. The van der Waals surface area contributed by atoms with Gasteiger partial charge < -0.3 is 4.57 Å². The van der Waals surface area contributed by atoms with E-state index >= 15 is 0 Å². The zero-order valence-electron chi connectivity index (χ0n) is 15.1. The highest BCUT2D eigenvalue weighted by atomic mass is 15.2. The van der Waals surface area contributed by atoms with Crippen molar-refractivity contribution >= 4 is 10.9 Å². The van der Waals surface area contributed by atoms with Crippen molar-refractivity contribution in [3.05, 3.63) is 73.2 Å². The van der Waals surface area contributed by atoms with Gasteiger partial charge in [-0.1, -0.05) is 6.07 Å². The van der Waals surface area contributed by atoms with Crippen LogP contribution in [-0.2, 0) is 6.54 Å². The molecule has 6 heteroatoms. The second kappa shape index (κ2) is 6.96. The maximum Gasteiger partial charge on any atom is 0.123 e. The summed E-state index contributed by atoms with van der Waals surface area (Å²) in [6.07, 6.45) is 9.92. The predicted octanol–water partition coefficient (Wildman–Crippen LogP) is 3.45. The van der Waals surface area contributed by atoms with Crippen LogP contribution in [0.15, 0.2) is 67.5 Å². The number of hydrogen-bond donors (Lipinski definition) is 0. The lowest BCUT2D eigenvalue weighted by molar-refractivity contribution is 0.180. The molecule has 27 heavy (non-hydrogen) atoms. The molecule has 1 aliphatic rings. The van der Waals surface area contributed by atoms with E-state index in [-0.39, 0.29) is 0 Å². The Labute approximate surface area is 158 Å². The van der Waals surface area contributed by atoms with E-state index in [4.69, 9.17) is 0 Å². The van der Waals surface area contributed by atoms with Crippen LogP contribution in [0.4, 0.5) is 0 Å². The Kier molecular flexibility index (Phi) is 4.18. The van der Waals surface area contributed by atoms with Crippen molar-refractivity contribution in [3.63, 3.8) is 0 Å². The molecule has 0 aliphatic carbocycles. The zero-order valence-corrected chi connectivity index (χ0v) is 15.1. The summed E-state index contributed by atoms with van der Waals surface area (Å²) in [5.41, 5.74) is 3.55. The third kappa shape index (κ3) is 3.24. The first-order valence-electron chi connectivity index (χ1n) is 9.45. The number of fused-ring (bicyclic) bond motifs is 1. The van der Waals surface area contributed by atoms with Crippen molar-refractivity contribution in [1.29, 1.82) is 0 Å². The molecule has 0 N–H and O–H groups in total. The molecule has 0 bridgehead atoms. The molecule has 4 aromatic rings. The van der Waals surface area contributed by atoms with Crippen LogP contribution in [0.25, 0.3) is 16.6 Å². The van der Waals surface area contributed by atoms with E-state index in [1.807, 2.05) is 16.8 Å². The third-order valence-electron chi connectivity index (χ3n) is 5.48. The lowest BCUT2D eigenvalue weighted by Crippen LogP contribution is -2.34. The summed E-state index contributed by atoms with van der Waals surface area (Å²) in [5, 5.41) is 9.05. The quantitative estimate of drug-likeness (QED) is 0.561. The van der Waals surface area contributed by atoms with E-state index in [1.54, 1.807) is 12.7 Å². The van der Waals surface area contributed by atoms with Crippen LogP contribution in [-0.4, -0.2) is 42.3 Å². The Balaban J connectivity index is 1.30. The summed E-state index contributed by atoms with van der Waals surface area (Å²) >= 11 is 0. The van der Waals surface area contributed by atoms with Crippen molar-refractivity contribution in [1.82, 2.24) is 29.2 Å². The summed E-state index contributed by atoms with van der Waals surface area (Å²) in [5.74, 6) is 0. The molecule has 5 rings (SSSR count). The van der Waals surface area contributed by atoms with Gasteiger partial charge in [0.1, 0.15) is 12.7 Å². The summed E-state index contributed by atoms with van der Waals surface area (Å²) in [4.78, 5) is 6.96. The highest BCUT2D eigenvalue weighted by Crippen LogP contribution is 2.29. The number of pyridine rings is 1. The minimum Gasteiger partial charge on any atom is -0.344 e. The molecule has 1 saturated heterocycles. The Morgan fingerprint density at radius 3 is 2.59 bits per heavy atom. The standard InChI is InChI=1S/C21H22N6/c1-2-9-22-18(3-1)14-25-10-7-19(8-11-25)27-12-6-17-13-20(4-5-21(17)27)26-15-23-24-16-26/h1-6,9,12-13,15-16,19H,7-8,10-11,14H2.